The Morgan fingerprint density at radius 1 is 1.00 bits per heavy atom. The molecular formula is C16H17NO. The molecule has 0 spiro atoms. The van der Waals surface area contributed by atoms with Crippen LogP contribution >= 0.6 is 0 Å². The predicted octanol–water partition coefficient (Wildman–Crippen LogP) is 2.37. The lowest BCUT2D eigenvalue weighted by atomic mass is 9.85. The Kier molecular flexibility index (Phi) is 2.69. The molecule has 0 radical (unpaired) electrons. The first-order valence-electron chi connectivity index (χ1n) is 6.30. The molecule has 1 unspecified atom stereocenters. The SMILES string of the molecule is CN1CCc2ccccc2C1(O)c1ccccc1. The van der Waals surface area contributed by atoms with Crippen molar-refractivity contribution in [3.05, 3.63) is 71.3 Å². The number of fused-ring (bicyclic) bond motifs is 1. The average Bonchev–Trinajstić information content (AvgIpc) is 2.44. The van der Waals surface area contributed by atoms with Gasteiger partial charge in [0.25, 0.3) is 0 Å². The van der Waals surface area contributed by atoms with Crippen molar-refractivity contribution in [2.75, 3.05) is 13.6 Å². The van der Waals surface area contributed by atoms with Gasteiger partial charge in [-0.2, -0.15) is 0 Å². The minimum Gasteiger partial charge on any atom is -0.367 e. The van der Waals surface area contributed by atoms with Gasteiger partial charge in [0, 0.05) is 17.7 Å². The van der Waals surface area contributed by atoms with Crippen molar-refractivity contribution in [1.82, 2.24) is 4.90 Å². The lowest BCUT2D eigenvalue weighted by Crippen LogP contribution is -2.49. The molecule has 1 aliphatic rings. The molecule has 0 amide bonds. The van der Waals surface area contributed by atoms with Gasteiger partial charge in [0.2, 0.25) is 0 Å². The van der Waals surface area contributed by atoms with E-state index in [1.165, 1.54) is 5.56 Å². The van der Waals surface area contributed by atoms with E-state index < -0.39 is 5.72 Å². The Bertz CT molecular complexity index is 552. The standard InChI is InChI=1S/C16H17NO/c1-17-12-11-13-7-5-6-10-15(13)16(17,18)14-8-3-2-4-9-14/h2-10,18H,11-12H2,1H3. The van der Waals surface area contributed by atoms with Gasteiger partial charge in [-0.25, -0.2) is 0 Å². The molecule has 3 rings (SSSR count). The second-order valence-corrected chi connectivity index (χ2v) is 4.87. The molecule has 0 aliphatic carbocycles. The summed E-state index contributed by atoms with van der Waals surface area (Å²) in [5, 5.41) is 11.2. The first-order chi connectivity index (χ1) is 8.73. The molecule has 1 N–H and O–H groups in total. The van der Waals surface area contributed by atoms with Crippen LogP contribution in [0.15, 0.2) is 54.6 Å². The highest BCUT2D eigenvalue weighted by molar-refractivity contribution is 5.42. The fourth-order valence-corrected chi connectivity index (χ4v) is 2.78. The quantitative estimate of drug-likeness (QED) is 0.826. The molecule has 2 nitrogen and oxygen atoms in total. The van der Waals surface area contributed by atoms with Crippen LogP contribution in [0, 0.1) is 0 Å². The van der Waals surface area contributed by atoms with E-state index >= 15 is 0 Å². The molecular weight excluding hydrogens is 222 g/mol. The van der Waals surface area contributed by atoms with Crippen LogP contribution < -0.4 is 0 Å². The van der Waals surface area contributed by atoms with Gasteiger partial charge < -0.3 is 5.11 Å². The second kappa shape index (κ2) is 4.23. The molecule has 92 valence electrons. The number of nitrogens with zero attached hydrogens (tertiary/aromatic N) is 1. The summed E-state index contributed by atoms with van der Waals surface area (Å²) in [5.74, 6) is 0. The molecule has 0 fully saturated rings. The predicted molar refractivity (Wildman–Crippen MR) is 72.2 cm³/mol. The highest BCUT2D eigenvalue weighted by Gasteiger charge is 2.40. The number of hydrogen-bond donors (Lipinski definition) is 1. The van der Waals surface area contributed by atoms with Crippen molar-refractivity contribution in [3.63, 3.8) is 0 Å². The molecule has 2 aromatic carbocycles. The Labute approximate surface area is 107 Å². The van der Waals surface area contributed by atoms with Crippen LogP contribution in [0.5, 0.6) is 0 Å². The second-order valence-electron chi connectivity index (χ2n) is 4.87. The van der Waals surface area contributed by atoms with E-state index in [9.17, 15) is 5.11 Å². The van der Waals surface area contributed by atoms with Gasteiger partial charge in [0.15, 0.2) is 5.72 Å². The van der Waals surface area contributed by atoms with Crippen LogP contribution in [-0.4, -0.2) is 23.6 Å². The van der Waals surface area contributed by atoms with Crippen molar-refractivity contribution in [1.29, 1.82) is 0 Å². The molecule has 1 atom stereocenters. The molecule has 1 heterocycles. The van der Waals surface area contributed by atoms with Crippen molar-refractivity contribution in [3.8, 4) is 0 Å². The monoisotopic (exact) mass is 239 g/mol. The zero-order valence-electron chi connectivity index (χ0n) is 10.5. The maximum absolute atomic E-state index is 11.2. The first-order valence-corrected chi connectivity index (χ1v) is 6.30. The van der Waals surface area contributed by atoms with Crippen molar-refractivity contribution in [2.45, 2.75) is 12.1 Å². The molecule has 1 aliphatic heterocycles. The summed E-state index contributed by atoms with van der Waals surface area (Å²) in [7, 11) is 1.98. The van der Waals surface area contributed by atoms with E-state index in [0.29, 0.717) is 0 Å². The lowest BCUT2D eigenvalue weighted by Gasteiger charge is -2.42. The first kappa shape index (κ1) is 11.5. The third kappa shape index (κ3) is 1.57. The zero-order valence-corrected chi connectivity index (χ0v) is 10.5. The van der Waals surface area contributed by atoms with Crippen LogP contribution in [0.25, 0.3) is 0 Å². The number of benzene rings is 2. The zero-order chi connectivity index (χ0) is 12.6. The molecule has 0 bridgehead atoms. The topological polar surface area (TPSA) is 23.5 Å². The van der Waals surface area contributed by atoms with Crippen LogP contribution in [0.2, 0.25) is 0 Å². The van der Waals surface area contributed by atoms with Gasteiger partial charge in [-0.3, -0.25) is 4.90 Å². The van der Waals surface area contributed by atoms with Gasteiger partial charge in [-0.15, -0.1) is 0 Å². The number of rotatable bonds is 1. The lowest BCUT2D eigenvalue weighted by molar-refractivity contribution is -0.0729. The largest absolute Gasteiger partial charge is 0.367 e. The third-order valence-electron chi connectivity index (χ3n) is 3.84. The Morgan fingerprint density at radius 2 is 1.67 bits per heavy atom. The molecule has 0 saturated carbocycles. The van der Waals surface area contributed by atoms with Crippen LogP contribution in [0.4, 0.5) is 0 Å². The summed E-state index contributed by atoms with van der Waals surface area (Å²) in [4.78, 5) is 2.02. The van der Waals surface area contributed by atoms with Crippen LogP contribution in [-0.2, 0) is 12.1 Å². The number of hydrogen-bond acceptors (Lipinski definition) is 2. The fourth-order valence-electron chi connectivity index (χ4n) is 2.78. The van der Waals surface area contributed by atoms with Gasteiger partial charge in [-0.1, -0.05) is 54.6 Å². The number of likely N-dealkylation sites (N-methyl/N-ethyl adjacent to an activating group) is 1. The summed E-state index contributed by atoms with van der Waals surface area (Å²) < 4.78 is 0. The third-order valence-corrected chi connectivity index (χ3v) is 3.84. The summed E-state index contributed by atoms with van der Waals surface area (Å²) in [5.41, 5.74) is 2.17. The van der Waals surface area contributed by atoms with Gasteiger partial charge >= 0.3 is 0 Å². The molecule has 0 aromatic heterocycles. The minimum absolute atomic E-state index is 0.863. The van der Waals surface area contributed by atoms with E-state index in [2.05, 4.69) is 6.07 Å². The average molecular weight is 239 g/mol. The van der Waals surface area contributed by atoms with E-state index in [0.717, 1.165) is 24.1 Å². The highest BCUT2D eigenvalue weighted by Crippen LogP contribution is 2.37. The van der Waals surface area contributed by atoms with Crippen LogP contribution in [0.3, 0.4) is 0 Å². The van der Waals surface area contributed by atoms with Gasteiger partial charge in [0.1, 0.15) is 0 Å². The van der Waals surface area contributed by atoms with E-state index in [-0.39, 0.29) is 0 Å². The summed E-state index contributed by atoms with van der Waals surface area (Å²) in [6.07, 6.45) is 0.988. The summed E-state index contributed by atoms with van der Waals surface area (Å²) in [6.45, 7) is 0.863. The van der Waals surface area contributed by atoms with E-state index in [1.54, 1.807) is 0 Å². The molecule has 0 saturated heterocycles. The normalized spacial score (nSPS) is 23.7. The molecule has 2 aromatic rings. The maximum Gasteiger partial charge on any atom is 0.171 e. The van der Waals surface area contributed by atoms with E-state index in [1.807, 2.05) is 60.5 Å². The van der Waals surface area contributed by atoms with Gasteiger partial charge in [-0.05, 0) is 19.0 Å². The highest BCUT2D eigenvalue weighted by atomic mass is 16.3. The van der Waals surface area contributed by atoms with Gasteiger partial charge in [0.05, 0.1) is 0 Å². The smallest absolute Gasteiger partial charge is 0.171 e. The maximum atomic E-state index is 11.2. The molecule has 18 heavy (non-hydrogen) atoms. The van der Waals surface area contributed by atoms with Crippen molar-refractivity contribution < 1.29 is 5.11 Å². The molecule has 2 heteroatoms. The Hall–Kier alpha value is -1.64. The van der Waals surface area contributed by atoms with Crippen molar-refractivity contribution >= 4 is 0 Å². The summed E-state index contributed by atoms with van der Waals surface area (Å²) >= 11 is 0. The fraction of sp³-hybridized carbons (Fsp3) is 0.250. The summed E-state index contributed by atoms with van der Waals surface area (Å²) in [6, 6.07) is 18.0. The van der Waals surface area contributed by atoms with Crippen LogP contribution in [0.1, 0.15) is 16.7 Å². The minimum atomic E-state index is -1.00. The Balaban J connectivity index is 2.21. The Morgan fingerprint density at radius 3 is 2.44 bits per heavy atom. The van der Waals surface area contributed by atoms with E-state index in [4.69, 9.17) is 0 Å². The number of aliphatic hydroxyl groups is 1. The van der Waals surface area contributed by atoms with Crippen molar-refractivity contribution in [2.24, 2.45) is 0 Å².